The third-order valence-electron chi connectivity index (χ3n) is 6.88. The lowest BCUT2D eigenvalue weighted by atomic mass is 9.96. The molecule has 0 radical (unpaired) electrons. The third-order valence-corrected chi connectivity index (χ3v) is 7.13. The summed E-state index contributed by atoms with van der Waals surface area (Å²) in [7, 11) is 0. The molecular weight excluding hydrogens is 512 g/mol. The fourth-order valence-electron chi connectivity index (χ4n) is 5.26. The lowest BCUT2D eigenvalue weighted by Gasteiger charge is -2.42. The number of carbonyl (C=O) groups excluding carboxylic acids is 2. The van der Waals surface area contributed by atoms with E-state index in [1.54, 1.807) is 36.4 Å². The fraction of sp³-hybridized carbons (Fsp3) is 0.357. The second-order valence-electron chi connectivity index (χ2n) is 9.91. The summed E-state index contributed by atoms with van der Waals surface area (Å²) in [6, 6.07) is 18.3. The molecule has 3 aliphatic rings. The van der Waals surface area contributed by atoms with Crippen molar-refractivity contribution >= 4 is 35.1 Å². The van der Waals surface area contributed by atoms with Crippen molar-refractivity contribution in [1.82, 2.24) is 0 Å². The van der Waals surface area contributed by atoms with Gasteiger partial charge < -0.3 is 23.4 Å². The van der Waals surface area contributed by atoms with Gasteiger partial charge in [0.05, 0.1) is 31.0 Å². The molecule has 3 fully saturated rings. The van der Waals surface area contributed by atoms with Crippen LogP contribution < -0.4 is 9.80 Å². The number of hydrogen-bond acceptors (Lipinski definition) is 7. The van der Waals surface area contributed by atoms with Gasteiger partial charge in [-0.2, -0.15) is 0 Å². The van der Waals surface area contributed by atoms with E-state index in [1.165, 1.54) is 11.2 Å². The van der Waals surface area contributed by atoms with Crippen molar-refractivity contribution in [2.75, 3.05) is 9.80 Å². The highest BCUT2D eigenvalue weighted by molar-refractivity contribution is 6.30. The van der Waals surface area contributed by atoms with Crippen molar-refractivity contribution in [2.24, 2.45) is 0 Å². The van der Waals surface area contributed by atoms with Crippen molar-refractivity contribution in [3.8, 4) is 0 Å². The molecule has 10 heteroatoms. The predicted octanol–water partition coefficient (Wildman–Crippen LogP) is 5.13. The SMILES string of the molecule is CC1(C)O[C@H]2O[C@H](C3CC(=O)N(c4ccc(Cl)cc4)C(=O)N3c3ccco3)[C@H](OCc3ccccc3)[C@H]2O1. The van der Waals surface area contributed by atoms with Crippen LogP contribution in [0.1, 0.15) is 25.8 Å². The molecule has 4 heterocycles. The quantitative estimate of drug-likeness (QED) is 0.430. The number of rotatable bonds is 6. The molecule has 198 valence electrons. The molecule has 0 bridgehead atoms. The number of anilines is 2. The molecule has 1 aromatic heterocycles. The molecule has 0 saturated carbocycles. The lowest BCUT2D eigenvalue weighted by Crippen LogP contribution is -2.63. The molecular formula is C28H27ClN2O7. The molecule has 0 spiro atoms. The number of fused-ring (bicyclic) bond motifs is 1. The van der Waals surface area contributed by atoms with Gasteiger partial charge in [-0.1, -0.05) is 41.9 Å². The van der Waals surface area contributed by atoms with Crippen LogP contribution in [-0.2, 0) is 30.3 Å². The number of nitrogens with zero attached hydrogens (tertiary/aromatic N) is 2. The highest BCUT2D eigenvalue weighted by Crippen LogP contribution is 2.43. The van der Waals surface area contributed by atoms with Crippen LogP contribution in [0.5, 0.6) is 0 Å². The molecule has 6 rings (SSSR count). The van der Waals surface area contributed by atoms with Gasteiger partial charge in [0, 0.05) is 11.1 Å². The minimum atomic E-state index is -0.862. The Hall–Kier alpha value is -3.21. The summed E-state index contributed by atoms with van der Waals surface area (Å²) in [6.45, 7) is 3.92. The maximum Gasteiger partial charge on any atom is 0.338 e. The fourth-order valence-corrected chi connectivity index (χ4v) is 5.39. The van der Waals surface area contributed by atoms with Crippen LogP contribution in [-0.4, -0.2) is 48.4 Å². The van der Waals surface area contributed by atoms with Crippen LogP contribution in [0.2, 0.25) is 5.02 Å². The van der Waals surface area contributed by atoms with Crippen LogP contribution in [0.25, 0.3) is 0 Å². The number of imide groups is 1. The monoisotopic (exact) mass is 538 g/mol. The summed E-state index contributed by atoms with van der Waals surface area (Å²) < 4.78 is 30.5. The summed E-state index contributed by atoms with van der Waals surface area (Å²) in [4.78, 5) is 29.9. The van der Waals surface area contributed by atoms with E-state index in [0.29, 0.717) is 17.3 Å². The Morgan fingerprint density at radius 2 is 1.74 bits per heavy atom. The Balaban J connectivity index is 1.34. The topological polar surface area (TPSA) is 90.7 Å². The standard InChI is InChI=1S/C28H27ClN2O7/c1-28(2)37-25-24(35-16-17-7-4-3-5-8-17)23(36-26(25)38-28)20-15-21(32)30(19-12-10-18(29)11-13-19)27(33)31(20)22-9-6-14-34-22/h3-14,20,23-26H,15-16H2,1-2H3/t20?,23-,24+,25-,26-/m1/s1. The van der Waals surface area contributed by atoms with Crippen LogP contribution >= 0.6 is 11.6 Å². The van der Waals surface area contributed by atoms with Crippen LogP contribution in [0.15, 0.2) is 77.4 Å². The first-order valence-corrected chi connectivity index (χ1v) is 12.8. The zero-order chi connectivity index (χ0) is 26.4. The zero-order valence-electron chi connectivity index (χ0n) is 20.9. The second kappa shape index (κ2) is 9.83. The minimum Gasteiger partial charge on any atom is -0.448 e. The molecule has 3 aromatic rings. The van der Waals surface area contributed by atoms with Crippen molar-refractivity contribution in [1.29, 1.82) is 0 Å². The van der Waals surface area contributed by atoms with E-state index in [1.807, 2.05) is 44.2 Å². The average Bonchev–Trinajstić information content (AvgIpc) is 3.59. The first-order chi connectivity index (χ1) is 18.3. The number of amides is 3. The normalized spacial score (nSPS) is 28.7. The van der Waals surface area contributed by atoms with Crippen molar-refractivity contribution < 1.29 is 33.0 Å². The minimum absolute atomic E-state index is 0.0340. The maximum absolute atomic E-state index is 13.9. The van der Waals surface area contributed by atoms with Crippen LogP contribution in [0, 0.1) is 0 Å². The first kappa shape index (κ1) is 25.1. The number of halogens is 1. The highest BCUT2D eigenvalue weighted by Gasteiger charge is 2.60. The highest BCUT2D eigenvalue weighted by atomic mass is 35.5. The van der Waals surface area contributed by atoms with E-state index in [2.05, 4.69) is 0 Å². The van der Waals surface area contributed by atoms with Gasteiger partial charge in [-0.05, 0) is 49.7 Å². The Labute approximate surface area is 224 Å². The number of urea groups is 1. The molecule has 3 amide bonds. The van der Waals surface area contributed by atoms with Gasteiger partial charge in [0.1, 0.15) is 18.3 Å². The summed E-state index contributed by atoms with van der Waals surface area (Å²) in [6.07, 6.45) is -1.16. The number of hydrogen-bond donors (Lipinski definition) is 0. The number of carbonyl (C=O) groups is 2. The summed E-state index contributed by atoms with van der Waals surface area (Å²) in [5, 5.41) is 0.499. The first-order valence-electron chi connectivity index (χ1n) is 12.4. The number of benzene rings is 2. The molecule has 5 atom stereocenters. The van der Waals surface area contributed by atoms with Gasteiger partial charge in [-0.25, -0.2) is 9.69 Å². The number of furan rings is 1. The van der Waals surface area contributed by atoms with Gasteiger partial charge in [0.15, 0.2) is 12.1 Å². The molecule has 38 heavy (non-hydrogen) atoms. The van der Waals surface area contributed by atoms with E-state index >= 15 is 0 Å². The van der Waals surface area contributed by atoms with Crippen LogP contribution in [0.4, 0.5) is 16.4 Å². The smallest absolute Gasteiger partial charge is 0.338 e. The Bertz CT molecular complexity index is 1300. The van der Waals surface area contributed by atoms with Crippen LogP contribution in [0.3, 0.4) is 0 Å². The van der Waals surface area contributed by atoms with Crippen molar-refractivity contribution in [2.45, 2.75) is 63.3 Å². The van der Waals surface area contributed by atoms with E-state index in [4.69, 9.17) is 35.0 Å². The third kappa shape index (κ3) is 4.61. The Kier molecular flexibility index (Phi) is 6.49. The molecule has 3 aliphatic heterocycles. The molecule has 0 aliphatic carbocycles. The summed E-state index contributed by atoms with van der Waals surface area (Å²) >= 11 is 6.03. The van der Waals surface area contributed by atoms with Gasteiger partial charge in [0.25, 0.3) is 0 Å². The van der Waals surface area contributed by atoms with E-state index in [9.17, 15) is 9.59 Å². The molecule has 9 nitrogen and oxygen atoms in total. The largest absolute Gasteiger partial charge is 0.448 e. The zero-order valence-corrected chi connectivity index (χ0v) is 21.6. The lowest BCUT2D eigenvalue weighted by molar-refractivity contribution is -0.221. The average molecular weight is 539 g/mol. The van der Waals surface area contributed by atoms with Gasteiger partial charge in [0.2, 0.25) is 11.8 Å². The van der Waals surface area contributed by atoms with E-state index in [-0.39, 0.29) is 18.2 Å². The second-order valence-corrected chi connectivity index (χ2v) is 10.3. The summed E-state index contributed by atoms with van der Waals surface area (Å²) in [5.41, 5.74) is 1.38. The van der Waals surface area contributed by atoms with Gasteiger partial charge in [-0.15, -0.1) is 0 Å². The number of ether oxygens (including phenoxy) is 4. The molecule has 3 saturated heterocycles. The molecule has 2 aromatic carbocycles. The summed E-state index contributed by atoms with van der Waals surface area (Å²) in [5.74, 6) is -0.954. The van der Waals surface area contributed by atoms with Gasteiger partial charge >= 0.3 is 6.03 Å². The molecule has 1 unspecified atom stereocenters. The van der Waals surface area contributed by atoms with E-state index in [0.717, 1.165) is 10.5 Å². The Morgan fingerprint density at radius 3 is 2.45 bits per heavy atom. The predicted molar refractivity (Wildman–Crippen MR) is 138 cm³/mol. The van der Waals surface area contributed by atoms with Crippen molar-refractivity contribution in [3.63, 3.8) is 0 Å². The Morgan fingerprint density at radius 1 is 0.974 bits per heavy atom. The van der Waals surface area contributed by atoms with E-state index < -0.39 is 42.5 Å². The van der Waals surface area contributed by atoms with Crippen molar-refractivity contribution in [3.05, 3.63) is 83.6 Å². The van der Waals surface area contributed by atoms with Gasteiger partial charge in [-0.3, -0.25) is 9.69 Å². The maximum atomic E-state index is 13.9. The molecule has 0 N–H and O–H groups in total.